The second-order valence-electron chi connectivity index (χ2n) is 5.59. The lowest BCUT2D eigenvalue weighted by molar-refractivity contribution is 0.0197. The van der Waals surface area contributed by atoms with Crippen LogP contribution in [-0.4, -0.2) is 13.7 Å². The molecule has 2 heteroatoms. The molecule has 66 valence electrons. The lowest BCUT2D eigenvalue weighted by atomic mass is 9.54. The first-order chi connectivity index (χ1) is 5.73. The van der Waals surface area contributed by atoms with Gasteiger partial charge in [-0.3, -0.25) is 4.21 Å². The van der Waals surface area contributed by atoms with Crippen molar-refractivity contribution in [3.63, 3.8) is 0 Å². The van der Waals surface area contributed by atoms with E-state index in [4.69, 9.17) is 0 Å². The summed E-state index contributed by atoms with van der Waals surface area (Å²) in [6, 6.07) is 0. The van der Waals surface area contributed by atoms with Crippen LogP contribution in [0.4, 0.5) is 0 Å². The van der Waals surface area contributed by atoms with Gasteiger partial charge in [-0.25, -0.2) is 0 Å². The molecule has 4 bridgehead atoms. The van der Waals surface area contributed by atoms with Crippen molar-refractivity contribution in [1.29, 1.82) is 0 Å². The van der Waals surface area contributed by atoms with Gasteiger partial charge in [-0.05, 0) is 50.4 Å². The fourth-order valence-corrected chi connectivity index (χ4v) is 6.95. The quantitative estimate of drug-likeness (QED) is 0.637. The third-order valence-corrected chi connectivity index (χ3v) is 7.32. The molecule has 6 aliphatic carbocycles. The summed E-state index contributed by atoms with van der Waals surface area (Å²) in [6.45, 7) is 0. The van der Waals surface area contributed by atoms with Crippen LogP contribution in [0.1, 0.15) is 38.5 Å². The Hall–Kier alpha value is 0.150. The lowest BCUT2D eigenvalue weighted by Gasteiger charge is -2.70. The first-order valence-corrected chi connectivity index (χ1v) is 6.30. The summed E-state index contributed by atoms with van der Waals surface area (Å²) in [5.41, 5.74) is 0. The topological polar surface area (TPSA) is 17.1 Å². The van der Waals surface area contributed by atoms with Gasteiger partial charge in [-0.15, -0.1) is 0 Å². The molecule has 6 saturated carbocycles. The molecule has 0 aromatic carbocycles. The van der Waals surface area contributed by atoms with Gasteiger partial charge in [-0.1, -0.05) is 0 Å². The van der Waals surface area contributed by atoms with Gasteiger partial charge < -0.3 is 0 Å². The Balaban J connectivity index is 1.64. The summed E-state index contributed by atoms with van der Waals surface area (Å²) in [4.78, 5) is 0. The van der Waals surface area contributed by atoms with Crippen molar-refractivity contribution in [2.24, 2.45) is 11.8 Å². The predicted octanol–water partition coefficient (Wildman–Crippen LogP) is 1.84. The van der Waals surface area contributed by atoms with E-state index in [0.717, 1.165) is 11.8 Å². The van der Waals surface area contributed by atoms with E-state index in [0.29, 0.717) is 9.49 Å². The molecule has 0 saturated heterocycles. The minimum atomic E-state index is -0.435. The van der Waals surface area contributed by atoms with Gasteiger partial charge in [0.15, 0.2) is 0 Å². The smallest absolute Gasteiger partial charge is 0.0473 e. The molecule has 0 radical (unpaired) electrons. The minimum absolute atomic E-state index is 0.371. The van der Waals surface area contributed by atoms with Crippen LogP contribution >= 0.6 is 0 Å². The molecule has 0 heterocycles. The van der Waals surface area contributed by atoms with Crippen molar-refractivity contribution in [3.8, 4) is 0 Å². The van der Waals surface area contributed by atoms with E-state index in [-0.39, 0.29) is 0 Å². The van der Waals surface area contributed by atoms with Crippen LogP contribution in [0.5, 0.6) is 0 Å². The second-order valence-corrected chi connectivity index (χ2v) is 7.86. The summed E-state index contributed by atoms with van der Waals surface area (Å²) < 4.78 is 13.0. The second kappa shape index (κ2) is 1.56. The zero-order chi connectivity index (χ0) is 7.97. The molecular formula is C10H14OS. The molecule has 0 spiro atoms. The number of rotatable bonds is 2. The summed E-state index contributed by atoms with van der Waals surface area (Å²) in [5.74, 6) is 1.97. The fourth-order valence-electron chi connectivity index (χ4n) is 3.71. The first kappa shape index (κ1) is 6.58. The van der Waals surface area contributed by atoms with Crippen LogP contribution < -0.4 is 0 Å². The summed E-state index contributed by atoms with van der Waals surface area (Å²) in [7, 11) is -0.435. The Bertz CT molecular complexity index is 234. The van der Waals surface area contributed by atoms with Gasteiger partial charge in [-0.2, -0.15) is 0 Å². The van der Waals surface area contributed by atoms with E-state index >= 15 is 0 Å². The Kier molecular flexibility index (Phi) is 0.855. The third kappa shape index (κ3) is 0.478. The molecule has 6 fully saturated rings. The van der Waals surface area contributed by atoms with Crippen LogP contribution in [-0.2, 0) is 10.8 Å². The number of hydrogen-bond donors (Lipinski definition) is 0. The molecule has 0 aromatic heterocycles. The van der Waals surface area contributed by atoms with Crippen LogP contribution in [0.2, 0.25) is 0 Å². The molecule has 0 aromatic rings. The van der Waals surface area contributed by atoms with Gasteiger partial charge in [0.25, 0.3) is 0 Å². The molecule has 12 heavy (non-hydrogen) atoms. The van der Waals surface area contributed by atoms with E-state index in [9.17, 15) is 4.21 Å². The highest BCUT2D eigenvalue weighted by Gasteiger charge is 2.70. The Morgan fingerprint density at radius 1 is 0.833 bits per heavy atom. The molecule has 6 rings (SSSR count). The average molecular weight is 182 g/mol. The maximum absolute atomic E-state index is 12.2. The maximum atomic E-state index is 12.2. The van der Waals surface area contributed by atoms with Crippen LogP contribution in [0, 0.1) is 11.8 Å². The van der Waals surface area contributed by atoms with E-state index in [1.807, 2.05) is 0 Å². The lowest BCUT2D eigenvalue weighted by Crippen LogP contribution is -2.71. The Morgan fingerprint density at radius 2 is 1.17 bits per heavy atom. The van der Waals surface area contributed by atoms with Crippen molar-refractivity contribution in [3.05, 3.63) is 0 Å². The van der Waals surface area contributed by atoms with E-state index in [1.54, 1.807) is 0 Å². The number of hydrogen-bond acceptors (Lipinski definition) is 1. The molecule has 1 nitrogen and oxygen atoms in total. The van der Waals surface area contributed by atoms with Crippen LogP contribution in [0.15, 0.2) is 0 Å². The fraction of sp³-hybridized carbons (Fsp3) is 1.00. The van der Waals surface area contributed by atoms with E-state index < -0.39 is 10.8 Å². The van der Waals surface area contributed by atoms with Crippen LogP contribution in [0.25, 0.3) is 0 Å². The zero-order valence-electron chi connectivity index (χ0n) is 7.21. The third-order valence-electron chi connectivity index (χ3n) is 4.75. The van der Waals surface area contributed by atoms with Gasteiger partial charge in [0.2, 0.25) is 0 Å². The molecule has 0 unspecified atom stereocenters. The highest BCUT2D eigenvalue weighted by molar-refractivity contribution is 7.88. The van der Waals surface area contributed by atoms with Crippen molar-refractivity contribution >= 4 is 10.8 Å². The van der Waals surface area contributed by atoms with Gasteiger partial charge in [0.05, 0.1) is 0 Å². The SMILES string of the molecule is O=S(C12CC(C1)C2)C12CC(C1)C2. The summed E-state index contributed by atoms with van der Waals surface area (Å²) in [6.07, 6.45) is 7.87. The zero-order valence-corrected chi connectivity index (χ0v) is 8.03. The first-order valence-electron chi connectivity index (χ1n) is 5.15. The molecule has 0 aliphatic heterocycles. The minimum Gasteiger partial charge on any atom is -0.258 e. The molecule has 0 N–H and O–H groups in total. The summed E-state index contributed by atoms with van der Waals surface area (Å²) >= 11 is 0. The standard InChI is InChI=1S/C10H14OS/c11-12(9-1-7(2-9)3-9)10-4-8(5-10)6-10/h7-8H,1-6H2. The normalized spacial score (nSPS) is 66.7. The van der Waals surface area contributed by atoms with Crippen molar-refractivity contribution in [1.82, 2.24) is 0 Å². The maximum Gasteiger partial charge on any atom is 0.0473 e. The predicted molar refractivity (Wildman–Crippen MR) is 48.3 cm³/mol. The van der Waals surface area contributed by atoms with Crippen molar-refractivity contribution in [2.45, 2.75) is 48.0 Å². The van der Waals surface area contributed by atoms with E-state index in [1.165, 1.54) is 38.5 Å². The average Bonchev–Trinajstić information content (AvgIpc) is 1.41. The van der Waals surface area contributed by atoms with Gasteiger partial charge in [0.1, 0.15) is 0 Å². The van der Waals surface area contributed by atoms with E-state index in [2.05, 4.69) is 0 Å². The molecule has 0 atom stereocenters. The highest BCUT2D eigenvalue weighted by atomic mass is 32.2. The Morgan fingerprint density at radius 3 is 1.33 bits per heavy atom. The van der Waals surface area contributed by atoms with Gasteiger partial charge >= 0.3 is 0 Å². The highest BCUT2D eigenvalue weighted by Crippen LogP contribution is 2.70. The molecule has 0 amide bonds. The summed E-state index contributed by atoms with van der Waals surface area (Å²) in [5, 5.41) is 0. The van der Waals surface area contributed by atoms with Crippen molar-refractivity contribution < 1.29 is 4.21 Å². The Labute approximate surface area is 75.4 Å². The monoisotopic (exact) mass is 182 g/mol. The molecule has 6 aliphatic rings. The largest absolute Gasteiger partial charge is 0.258 e. The van der Waals surface area contributed by atoms with Gasteiger partial charge in [0, 0.05) is 20.3 Å². The van der Waals surface area contributed by atoms with Crippen molar-refractivity contribution in [2.75, 3.05) is 0 Å². The van der Waals surface area contributed by atoms with Crippen LogP contribution in [0.3, 0.4) is 0 Å². The molecular weight excluding hydrogens is 168 g/mol.